The number of nitrogens with one attached hydrogen (secondary N) is 1. The largest absolute Gasteiger partial charge is 0.369 e. The number of hydrogen-bond donors (Lipinski definition) is 1. The highest BCUT2D eigenvalue weighted by molar-refractivity contribution is 7.09. The smallest absolute Gasteiger partial charge is 0.145 e. The zero-order valence-corrected chi connectivity index (χ0v) is 15.0. The summed E-state index contributed by atoms with van der Waals surface area (Å²) in [6.45, 7) is 9.23. The normalized spacial score (nSPS) is 11.7. The SMILES string of the molecule is CCNc1nc(Cc2nc(C(C)(C)C)cs2)c(Cl)cc1Cl. The minimum Gasteiger partial charge on any atom is -0.369 e. The highest BCUT2D eigenvalue weighted by atomic mass is 35.5. The summed E-state index contributed by atoms with van der Waals surface area (Å²) >= 11 is 14.0. The first-order valence-corrected chi connectivity index (χ1v) is 8.48. The fourth-order valence-corrected chi connectivity index (χ4v) is 3.32. The van der Waals surface area contributed by atoms with Crippen molar-refractivity contribution >= 4 is 40.4 Å². The molecule has 2 rings (SSSR count). The number of thiazole rings is 1. The summed E-state index contributed by atoms with van der Waals surface area (Å²) in [5.41, 5.74) is 1.95. The van der Waals surface area contributed by atoms with Crippen LogP contribution >= 0.6 is 34.5 Å². The second-order valence-corrected chi connectivity index (χ2v) is 7.59. The van der Waals surface area contributed by atoms with Crippen LogP contribution in [0.2, 0.25) is 10.0 Å². The molecule has 0 saturated carbocycles. The minimum atomic E-state index is 0.0564. The summed E-state index contributed by atoms with van der Waals surface area (Å²) in [6, 6.07) is 1.74. The fourth-order valence-electron chi connectivity index (χ4n) is 1.80. The predicted molar refractivity (Wildman–Crippen MR) is 92.0 cm³/mol. The number of halogens is 2. The van der Waals surface area contributed by atoms with Gasteiger partial charge in [-0.2, -0.15) is 0 Å². The standard InChI is InChI=1S/C15H19Cl2N3S/c1-5-18-14-10(17)6-9(16)11(19-14)7-13-20-12(8-21-13)15(2,3)4/h6,8H,5,7H2,1-4H3,(H,18,19). The number of nitrogens with zero attached hydrogens (tertiary/aromatic N) is 2. The Morgan fingerprint density at radius 2 is 1.90 bits per heavy atom. The molecular weight excluding hydrogens is 325 g/mol. The molecule has 0 bridgehead atoms. The van der Waals surface area contributed by atoms with E-state index in [0.717, 1.165) is 22.9 Å². The minimum absolute atomic E-state index is 0.0564. The molecule has 0 atom stereocenters. The number of anilines is 1. The number of rotatable bonds is 4. The summed E-state index contributed by atoms with van der Waals surface area (Å²) in [7, 11) is 0. The third kappa shape index (κ3) is 4.09. The first-order valence-electron chi connectivity index (χ1n) is 6.85. The lowest BCUT2D eigenvalue weighted by Gasteiger charge is -2.14. The van der Waals surface area contributed by atoms with Crippen molar-refractivity contribution < 1.29 is 0 Å². The molecule has 2 heterocycles. The molecule has 0 amide bonds. The molecule has 0 aliphatic heterocycles. The average molecular weight is 344 g/mol. The zero-order valence-electron chi connectivity index (χ0n) is 12.6. The van der Waals surface area contributed by atoms with Crippen LogP contribution in [-0.4, -0.2) is 16.5 Å². The lowest BCUT2D eigenvalue weighted by atomic mass is 9.93. The quantitative estimate of drug-likeness (QED) is 0.832. The molecule has 0 saturated heterocycles. The van der Waals surface area contributed by atoms with Crippen LogP contribution in [0.25, 0.3) is 0 Å². The summed E-state index contributed by atoms with van der Waals surface area (Å²) in [4.78, 5) is 9.20. The maximum Gasteiger partial charge on any atom is 0.145 e. The van der Waals surface area contributed by atoms with Crippen LogP contribution in [-0.2, 0) is 11.8 Å². The van der Waals surface area contributed by atoms with E-state index in [1.807, 2.05) is 6.92 Å². The summed E-state index contributed by atoms with van der Waals surface area (Å²) in [5.74, 6) is 0.672. The molecule has 0 unspecified atom stereocenters. The van der Waals surface area contributed by atoms with Gasteiger partial charge in [0.2, 0.25) is 0 Å². The lowest BCUT2D eigenvalue weighted by Crippen LogP contribution is -2.11. The van der Waals surface area contributed by atoms with Gasteiger partial charge in [0.15, 0.2) is 0 Å². The van der Waals surface area contributed by atoms with Gasteiger partial charge in [0, 0.05) is 23.8 Å². The van der Waals surface area contributed by atoms with Crippen molar-refractivity contribution in [3.63, 3.8) is 0 Å². The van der Waals surface area contributed by atoms with E-state index in [4.69, 9.17) is 23.2 Å². The van der Waals surface area contributed by atoms with E-state index in [-0.39, 0.29) is 5.41 Å². The highest BCUT2D eigenvalue weighted by Crippen LogP contribution is 2.29. The maximum atomic E-state index is 6.25. The number of hydrogen-bond acceptors (Lipinski definition) is 4. The molecular formula is C15H19Cl2N3S. The van der Waals surface area contributed by atoms with Crippen molar-refractivity contribution in [2.24, 2.45) is 0 Å². The van der Waals surface area contributed by atoms with Crippen LogP contribution in [0, 0.1) is 0 Å². The molecule has 1 N–H and O–H groups in total. The summed E-state index contributed by atoms with van der Waals surface area (Å²) in [5, 5.41) is 7.37. The van der Waals surface area contributed by atoms with Gasteiger partial charge >= 0.3 is 0 Å². The molecule has 2 aromatic rings. The van der Waals surface area contributed by atoms with Crippen molar-refractivity contribution in [2.75, 3.05) is 11.9 Å². The average Bonchev–Trinajstić information content (AvgIpc) is 2.84. The van der Waals surface area contributed by atoms with Crippen molar-refractivity contribution in [1.29, 1.82) is 0 Å². The molecule has 0 fully saturated rings. The van der Waals surface area contributed by atoms with Gasteiger partial charge in [-0.25, -0.2) is 9.97 Å². The number of pyridine rings is 1. The third-order valence-corrected chi connectivity index (χ3v) is 4.45. The van der Waals surface area contributed by atoms with E-state index in [9.17, 15) is 0 Å². The maximum absolute atomic E-state index is 6.25. The van der Waals surface area contributed by atoms with Crippen molar-refractivity contribution in [1.82, 2.24) is 9.97 Å². The molecule has 0 spiro atoms. The Labute approximate surface area is 139 Å². The Hall–Kier alpha value is -0.840. The van der Waals surface area contributed by atoms with Gasteiger partial charge in [-0.05, 0) is 13.0 Å². The Kier molecular flexibility index (Phi) is 5.12. The topological polar surface area (TPSA) is 37.8 Å². The van der Waals surface area contributed by atoms with E-state index >= 15 is 0 Å². The van der Waals surface area contributed by atoms with Crippen molar-refractivity contribution in [3.8, 4) is 0 Å². The van der Waals surface area contributed by atoms with Crippen LogP contribution in [0.4, 0.5) is 5.82 Å². The molecule has 21 heavy (non-hydrogen) atoms. The highest BCUT2D eigenvalue weighted by Gasteiger charge is 2.18. The van der Waals surface area contributed by atoms with Crippen LogP contribution in [0.1, 0.15) is 44.1 Å². The molecule has 0 aromatic carbocycles. The van der Waals surface area contributed by atoms with E-state index < -0.39 is 0 Å². The van der Waals surface area contributed by atoms with Crippen molar-refractivity contribution in [2.45, 2.75) is 39.5 Å². The summed E-state index contributed by atoms with van der Waals surface area (Å²) in [6.07, 6.45) is 0.620. The van der Waals surface area contributed by atoms with Gasteiger partial charge in [0.1, 0.15) is 5.82 Å². The molecule has 0 aliphatic rings. The van der Waals surface area contributed by atoms with E-state index in [2.05, 4.69) is 41.4 Å². The van der Waals surface area contributed by atoms with Crippen LogP contribution < -0.4 is 5.32 Å². The zero-order chi connectivity index (χ0) is 15.6. The van der Waals surface area contributed by atoms with Gasteiger partial charge in [0.05, 0.1) is 26.4 Å². The lowest BCUT2D eigenvalue weighted by molar-refractivity contribution is 0.571. The molecule has 6 heteroatoms. The number of aromatic nitrogens is 2. The Morgan fingerprint density at radius 3 is 2.48 bits per heavy atom. The first-order chi connectivity index (χ1) is 9.81. The van der Waals surface area contributed by atoms with E-state index in [0.29, 0.717) is 22.3 Å². The Balaban J connectivity index is 2.27. The summed E-state index contributed by atoms with van der Waals surface area (Å²) < 4.78 is 0. The van der Waals surface area contributed by atoms with Crippen LogP contribution in [0.3, 0.4) is 0 Å². The second-order valence-electron chi connectivity index (χ2n) is 5.83. The van der Waals surface area contributed by atoms with Gasteiger partial charge in [-0.15, -0.1) is 11.3 Å². The second kappa shape index (κ2) is 6.51. The van der Waals surface area contributed by atoms with Crippen molar-refractivity contribution in [3.05, 3.63) is 37.9 Å². The van der Waals surface area contributed by atoms with Gasteiger partial charge in [0.25, 0.3) is 0 Å². The Morgan fingerprint density at radius 1 is 1.19 bits per heavy atom. The van der Waals surface area contributed by atoms with E-state index in [1.165, 1.54) is 0 Å². The van der Waals surface area contributed by atoms with Gasteiger partial charge in [-0.1, -0.05) is 44.0 Å². The van der Waals surface area contributed by atoms with E-state index in [1.54, 1.807) is 17.4 Å². The molecule has 114 valence electrons. The monoisotopic (exact) mass is 343 g/mol. The van der Waals surface area contributed by atoms with Gasteiger partial charge < -0.3 is 5.32 Å². The fraction of sp³-hybridized carbons (Fsp3) is 0.467. The molecule has 0 radical (unpaired) electrons. The van der Waals surface area contributed by atoms with Crippen LogP contribution in [0.5, 0.6) is 0 Å². The van der Waals surface area contributed by atoms with Crippen LogP contribution in [0.15, 0.2) is 11.4 Å². The van der Waals surface area contributed by atoms with Gasteiger partial charge in [-0.3, -0.25) is 0 Å². The molecule has 2 aromatic heterocycles. The Bertz CT molecular complexity index is 632. The predicted octanol–water partition coefficient (Wildman–Crippen LogP) is 5.17. The molecule has 0 aliphatic carbocycles. The third-order valence-electron chi connectivity index (χ3n) is 2.99. The first kappa shape index (κ1) is 16.5. The molecule has 3 nitrogen and oxygen atoms in total.